The number of halogens is 1. The molecule has 0 unspecified atom stereocenters. The number of amides is 2. The molecule has 43 heavy (non-hydrogen) atoms. The van der Waals surface area contributed by atoms with Gasteiger partial charge in [0.2, 0.25) is 14.3 Å². The van der Waals surface area contributed by atoms with E-state index in [1.54, 1.807) is 35.9 Å². The summed E-state index contributed by atoms with van der Waals surface area (Å²) in [5.41, 5.74) is 1.73. The third kappa shape index (κ3) is 4.66. The number of hydrogen-bond donors (Lipinski definition) is 1. The summed E-state index contributed by atoms with van der Waals surface area (Å²) in [5.74, 6) is -1.05. The normalized spacial score (nSPS) is 24.9. The Kier molecular flexibility index (Phi) is 7.22. The van der Waals surface area contributed by atoms with E-state index in [0.717, 1.165) is 16.8 Å². The Labute approximate surface area is 250 Å². The molecule has 2 amide bonds. The lowest BCUT2D eigenvalue weighted by Gasteiger charge is -2.31. The number of hydrogen-bond acceptors (Lipinski definition) is 6. The van der Waals surface area contributed by atoms with Gasteiger partial charge in [-0.25, -0.2) is 0 Å². The Morgan fingerprint density at radius 2 is 1.84 bits per heavy atom. The highest BCUT2D eigenvalue weighted by Crippen LogP contribution is 2.60. The van der Waals surface area contributed by atoms with E-state index in [4.69, 9.17) is 4.74 Å². The highest BCUT2D eigenvalue weighted by Gasteiger charge is 2.66. The van der Waals surface area contributed by atoms with Crippen LogP contribution >= 0.6 is 0 Å². The van der Waals surface area contributed by atoms with Crippen LogP contribution in [0.3, 0.4) is 0 Å². The summed E-state index contributed by atoms with van der Waals surface area (Å²) in [6.45, 7) is 4.79. The van der Waals surface area contributed by atoms with Crippen LogP contribution in [0.1, 0.15) is 36.5 Å². The van der Waals surface area contributed by atoms with Gasteiger partial charge in [-0.1, -0.05) is 37.3 Å². The Balaban J connectivity index is 1.42. The number of aliphatic hydroxyl groups excluding tert-OH is 1. The molecule has 11 heteroatoms. The maximum absolute atomic E-state index is 15.8. The van der Waals surface area contributed by atoms with Crippen LogP contribution in [0.15, 0.2) is 66.7 Å². The number of para-hydroxylation sites is 1. The van der Waals surface area contributed by atoms with Crippen LogP contribution in [0.2, 0.25) is 18.6 Å². The highest BCUT2D eigenvalue weighted by atomic mass is 28.4. The van der Waals surface area contributed by atoms with Crippen molar-refractivity contribution < 1.29 is 28.5 Å². The number of aliphatic hydroxyl groups is 1. The van der Waals surface area contributed by atoms with Crippen LogP contribution in [0.25, 0.3) is 0 Å². The second-order valence-corrected chi connectivity index (χ2v) is 16.0. The minimum atomic E-state index is -3.40. The fourth-order valence-corrected chi connectivity index (χ4v) is 9.93. The number of non-ortho nitro benzene ring substituents is 1. The van der Waals surface area contributed by atoms with Crippen LogP contribution in [0.5, 0.6) is 0 Å². The third-order valence-electron chi connectivity index (χ3n) is 9.17. The first kappa shape index (κ1) is 29.2. The fraction of sp³-hybridized carbons (Fsp3) is 0.375. The lowest BCUT2D eigenvalue weighted by Crippen LogP contribution is -2.45. The van der Waals surface area contributed by atoms with Gasteiger partial charge in [-0.15, -0.1) is 0 Å². The van der Waals surface area contributed by atoms with Crippen molar-refractivity contribution in [2.24, 2.45) is 5.92 Å². The van der Waals surface area contributed by atoms with Crippen molar-refractivity contribution >= 4 is 43.0 Å². The number of ether oxygens (including phenoxy) is 1. The number of carbonyl (C=O) groups excluding carboxylic acids is 2. The molecule has 3 aliphatic heterocycles. The minimum Gasteiger partial charge on any atom is -0.396 e. The molecule has 0 aliphatic carbocycles. The number of benzene rings is 3. The van der Waals surface area contributed by atoms with Gasteiger partial charge in [0.15, 0.2) is 5.60 Å². The molecule has 1 saturated heterocycles. The molecule has 0 saturated carbocycles. The molecule has 0 aromatic heterocycles. The SMILES string of the molecule is C[C@H]1[C@H]([Si](C)(C)F)[C@@H](CCO)O[C@]12C(=O)N(Cc1cccc(N3C(=O)CCc4ccccc43)c1)c1ccc([N+](=O)[O-])cc12. The van der Waals surface area contributed by atoms with Gasteiger partial charge in [0.1, 0.15) is 0 Å². The van der Waals surface area contributed by atoms with E-state index < -0.39 is 42.4 Å². The first-order chi connectivity index (χ1) is 20.5. The van der Waals surface area contributed by atoms with Gasteiger partial charge < -0.3 is 18.9 Å². The van der Waals surface area contributed by atoms with E-state index >= 15 is 4.11 Å². The van der Waals surface area contributed by atoms with E-state index in [0.29, 0.717) is 29.8 Å². The minimum absolute atomic E-state index is 0.0168. The predicted octanol–water partition coefficient (Wildman–Crippen LogP) is 5.91. The molecule has 1 spiro atoms. The lowest BCUT2D eigenvalue weighted by molar-refractivity contribution is -0.385. The quantitative estimate of drug-likeness (QED) is 0.156. The molecule has 1 N–H and O–H groups in total. The van der Waals surface area contributed by atoms with Crippen molar-refractivity contribution in [1.29, 1.82) is 0 Å². The zero-order valence-electron chi connectivity index (χ0n) is 24.3. The first-order valence-corrected chi connectivity index (χ1v) is 17.5. The van der Waals surface area contributed by atoms with Crippen LogP contribution < -0.4 is 9.80 Å². The summed E-state index contributed by atoms with van der Waals surface area (Å²) in [6.07, 6.45) is 0.506. The topological polar surface area (TPSA) is 113 Å². The Bertz CT molecular complexity index is 1630. The molecule has 3 aromatic rings. The van der Waals surface area contributed by atoms with Crippen molar-refractivity contribution in [1.82, 2.24) is 0 Å². The van der Waals surface area contributed by atoms with Crippen molar-refractivity contribution in [3.63, 3.8) is 0 Å². The van der Waals surface area contributed by atoms with Crippen LogP contribution in [0, 0.1) is 16.0 Å². The van der Waals surface area contributed by atoms with Crippen molar-refractivity contribution in [2.75, 3.05) is 16.4 Å². The largest absolute Gasteiger partial charge is 0.396 e. The predicted molar refractivity (Wildman–Crippen MR) is 162 cm³/mol. The average Bonchev–Trinajstić information content (AvgIpc) is 3.39. The molecule has 9 nitrogen and oxygen atoms in total. The van der Waals surface area contributed by atoms with Gasteiger partial charge in [0.05, 0.1) is 28.9 Å². The summed E-state index contributed by atoms with van der Waals surface area (Å²) in [5, 5.41) is 21.5. The van der Waals surface area contributed by atoms with E-state index in [9.17, 15) is 24.8 Å². The van der Waals surface area contributed by atoms with Crippen LogP contribution in [-0.4, -0.2) is 43.0 Å². The first-order valence-electron chi connectivity index (χ1n) is 14.6. The summed E-state index contributed by atoms with van der Waals surface area (Å²) in [7, 11) is -3.40. The highest BCUT2D eigenvalue weighted by molar-refractivity contribution is 6.72. The average molecular weight is 604 g/mol. The molecule has 0 bridgehead atoms. The second-order valence-electron chi connectivity index (χ2n) is 12.2. The third-order valence-corrected chi connectivity index (χ3v) is 11.6. The number of fused-ring (bicyclic) bond motifs is 3. The summed E-state index contributed by atoms with van der Waals surface area (Å²) in [4.78, 5) is 42.1. The molecule has 3 aromatic carbocycles. The maximum Gasteiger partial charge on any atom is 0.269 e. The molecule has 6 rings (SSSR count). The molecule has 1 fully saturated rings. The number of rotatable bonds is 7. The maximum atomic E-state index is 15.8. The van der Waals surface area contributed by atoms with Gasteiger partial charge in [-0.2, -0.15) is 0 Å². The molecule has 4 atom stereocenters. The molecular formula is C32H34FN3O6Si. The summed E-state index contributed by atoms with van der Waals surface area (Å²) < 4.78 is 22.3. The lowest BCUT2D eigenvalue weighted by atomic mass is 9.82. The Hall–Kier alpha value is -3.93. The number of anilines is 3. The zero-order chi connectivity index (χ0) is 30.7. The molecule has 0 radical (unpaired) electrons. The van der Waals surface area contributed by atoms with Crippen molar-refractivity contribution in [3.05, 3.63) is 93.5 Å². The van der Waals surface area contributed by atoms with Crippen LogP contribution in [0.4, 0.5) is 26.9 Å². The monoisotopic (exact) mass is 603 g/mol. The van der Waals surface area contributed by atoms with E-state index in [2.05, 4.69) is 0 Å². The number of carbonyl (C=O) groups is 2. The van der Waals surface area contributed by atoms with Gasteiger partial charge >= 0.3 is 0 Å². The van der Waals surface area contributed by atoms with Crippen LogP contribution in [-0.2, 0) is 32.9 Å². The van der Waals surface area contributed by atoms with Gasteiger partial charge in [0, 0.05) is 47.9 Å². The van der Waals surface area contributed by atoms with Crippen molar-refractivity contribution in [3.8, 4) is 0 Å². The standard InChI is InChI=1S/C32H34FN3O6Si/c1-20-30(43(2,3)33)28(15-16-37)42-32(20)25-18-24(36(40)41)12-13-27(25)34(31(32)39)19-21-7-6-9-23(17-21)35-26-10-5-4-8-22(26)11-14-29(35)38/h4-10,12-13,17-18,20,28,30,37H,11,14-16,19H2,1-3H3/t20-,28+,30-,32+/m0/s1. The Morgan fingerprint density at radius 1 is 1.07 bits per heavy atom. The zero-order valence-corrected chi connectivity index (χ0v) is 25.3. The van der Waals surface area contributed by atoms with E-state index in [1.807, 2.05) is 48.5 Å². The van der Waals surface area contributed by atoms with Gasteiger partial charge in [-0.05, 0) is 61.3 Å². The summed E-state index contributed by atoms with van der Waals surface area (Å²) >= 11 is 0. The van der Waals surface area contributed by atoms with Crippen molar-refractivity contribution in [2.45, 2.75) is 63.1 Å². The number of nitro benzene ring substituents is 1. The number of aryl methyl sites for hydroxylation is 1. The molecule has 3 heterocycles. The van der Waals surface area contributed by atoms with E-state index in [1.165, 1.54) is 12.1 Å². The van der Waals surface area contributed by atoms with Gasteiger partial charge in [0.25, 0.3) is 11.6 Å². The fourth-order valence-electron chi connectivity index (χ4n) is 7.39. The van der Waals surface area contributed by atoms with Gasteiger partial charge in [-0.3, -0.25) is 24.6 Å². The smallest absolute Gasteiger partial charge is 0.269 e. The molecule has 224 valence electrons. The Morgan fingerprint density at radius 3 is 2.56 bits per heavy atom. The van der Waals surface area contributed by atoms with E-state index in [-0.39, 0.29) is 31.2 Å². The number of nitro groups is 1. The number of nitrogens with zero attached hydrogens (tertiary/aromatic N) is 3. The second kappa shape index (κ2) is 10.7. The molecular weight excluding hydrogens is 569 g/mol. The molecule has 3 aliphatic rings. The summed E-state index contributed by atoms with van der Waals surface area (Å²) in [6, 6.07) is 19.5.